The molecule has 0 radical (unpaired) electrons. The van der Waals surface area contributed by atoms with E-state index < -0.39 is 34.6 Å². The van der Waals surface area contributed by atoms with Crippen molar-refractivity contribution in [1.29, 1.82) is 0 Å². The number of nitrogens with one attached hydrogen (secondary N) is 1. The fourth-order valence-electron chi connectivity index (χ4n) is 8.74. The summed E-state index contributed by atoms with van der Waals surface area (Å²) in [5.74, 6) is 6.42. The van der Waals surface area contributed by atoms with E-state index in [2.05, 4.69) is 67.5 Å². The zero-order valence-corrected chi connectivity index (χ0v) is 34.6. The molecule has 1 spiro atoms. The first-order valence-corrected chi connectivity index (χ1v) is 24.0. The lowest BCUT2D eigenvalue weighted by atomic mass is 9.64. The number of halogens is 1. The highest BCUT2D eigenvalue weighted by Gasteiger charge is 2.60. The summed E-state index contributed by atoms with van der Waals surface area (Å²) in [5, 5.41) is 13.3. The Labute approximate surface area is 322 Å². The number of sulfonamides is 1. The molecule has 0 aromatic heterocycles. The smallest absolute Gasteiger partial charge is 0.264 e. The van der Waals surface area contributed by atoms with Crippen LogP contribution in [-0.4, -0.2) is 64.4 Å². The zero-order chi connectivity index (χ0) is 38.0. The maximum Gasteiger partial charge on any atom is 0.264 e. The monoisotopic (exact) mass is 778 g/mol. The molecule has 2 aromatic rings. The predicted octanol–water partition coefficient (Wildman–Crippen LogP) is 7.78. The molecule has 2 bridgehead atoms. The number of anilines is 1. The van der Waals surface area contributed by atoms with Crippen LogP contribution < -0.4 is 14.4 Å². The van der Waals surface area contributed by atoms with Crippen LogP contribution in [0.4, 0.5) is 5.69 Å². The first-order valence-electron chi connectivity index (χ1n) is 19.3. The molecule has 3 aliphatic carbocycles. The van der Waals surface area contributed by atoms with Gasteiger partial charge in [-0.15, -0.1) is 0 Å². The molecule has 2 saturated carbocycles. The normalized spacial score (nSPS) is 32.6. The van der Waals surface area contributed by atoms with Gasteiger partial charge >= 0.3 is 0 Å². The van der Waals surface area contributed by atoms with Gasteiger partial charge in [-0.1, -0.05) is 56.4 Å². The van der Waals surface area contributed by atoms with Gasteiger partial charge in [-0.2, -0.15) is 0 Å². The van der Waals surface area contributed by atoms with Crippen molar-refractivity contribution >= 4 is 41.5 Å². The van der Waals surface area contributed by atoms with Crippen molar-refractivity contribution in [3.05, 3.63) is 70.3 Å². The number of carbonyl (C=O) groups excluding carboxylic acids is 1. The minimum atomic E-state index is -3.98. The van der Waals surface area contributed by atoms with E-state index in [1.165, 1.54) is 11.1 Å². The average molecular weight is 780 g/mol. The lowest BCUT2D eigenvalue weighted by molar-refractivity contribution is -0.00324. The van der Waals surface area contributed by atoms with Gasteiger partial charge in [0, 0.05) is 48.0 Å². The molecule has 2 N–H and O–H groups in total. The van der Waals surface area contributed by atoms with Crippen LogP contribution >= 0.6 is 11.6 Å². The van der Waals surface area contributed by atoms with Crippen LogP contribution in [0.5, 0.6) is 5.75 Å². The SMILES string of the molecule is CC(C)(C)[Si](C)(C)OCCC#C[C@]1(O)/C=C/C[C@@H]2C[C@@]2(C)S(=O)(=O)NC(=O)c2ccc3c(c2)N(C[C@@H]2CC[C@H]21)C[C@@]1(CCCc2cc(Cl)ccc21)CO3. The number of allylic oxidation sites excluding steroid dienone is 1. The van der Waals surface area contributed by atoms with Gasteiger partial charge in [-0.25, -0.2) is 13.1 Å². The van der Waals surface area contributed by atoms with Crippen molar-refractivity contribution in [2.45, 2.75) is 113 Å². The number of hydrogen-bond acceptors (Lipinski definition) is 7. The second-order valence-corrected chi connectivity index (χ2v) is 25.4. The van der Waals surface area contributed by atoms with Gasteiger partial charge in [-0.3, -0.25) is 4.79 Å². The molecule has 0 saturated heterocycles. The molecule has 5 aliphatic rings. The minimum absolute atomic E-state index is 0.0974. The molecule has 2 fully saturated rings. The Balaban J connectivity index is 1.25. The average Bonchev–Trinajstić information content (AvgIpc) is 3.77. The number of fused-ring (bicyclic) bond motifs is 5. The molecule has 7 rings (SSSR count). The fraction of sp³-hybridized carbons (Fsp3) is 0.595. The number of carbonyl (C=O) groups is 1. The summed E-state index contributed by atoms with van der Waals surface area (Å²) in [6, 6.07) is 11.4. The quantitative estimate of drug-likeness (QED) is 0.142. The first kappa shape index (κ1) is 38.5. The number of amides is 1. The summed E-state index contributed by atoms with van der Waals surface area (Å²) in [4.78, 5) is 15.9. The van der Waals surface area contributed by atoms with Crippen LogP contribution in [0.2, 0.25) is 23.2 Å². The molecule has 1 amide bonds. The lowest BCUT2D eigenvalue weighted by Crippen LogP contribution is -2.52. The van der Waals surface area contributed by atoms with E-state index in [0.29, 0.717) is 51.3 Å². The molecule has 2 aromatic carbocycles. The van der Waals surface area contributed by atoms with E-state index in [1.807, 2.05) is 18.2 Å². The molecule has 286 valence electrons. The molecular weight excluding hydrogens is 724 g/mol. The molecule has 11 heteroatoms. The third-order valence-electron chi connectivity index (χ3n) is 13.5. The minimum Gasteiger partial charge on any atom is -0.490 e. The largest absolute Gasteiger partial charge is 0.490 e. The number of rotatable bonds is 3. The van der Waals surface area contributed by atoms with Crippen molar-refractivity contribution in [2.75, 3.05) is 31.2 Å². The number of benzene rings is 2. The Bertz CT molecular complexity index is 1980. The third-order valence-corrected chi connectivity index (χ3v) is 20.5. The summed E-state index contributed by atoms with van der Waals surface area (Å²) >= 11 is 6.47. The van der Waals surface area contributed by atoms with Crippen molar-refractivity contribution in [3.63, 3.8) is 0 Å². The number of aryl methyl sites for hydroxylation is 1. The highest BCUT2D eigenvalue weighted by Crippen LogP contribution is 2.53. The van der Waals surface area contributed by atoms with Crippen LogP contribution in [-0.2, 0) is 26.3 Å². The Morgan fingerprint density at radius 3 is 2.70 bits per heavy atom. The van der Waals surface area contributed by atoms with Crippen LogP contribution in [0.15, 0.2) is 48.6 Å². The first-order chi connectivity index (χ1) is 24.9. The summed E-state index contributed by atoms with van der Waals surface area (Å²) in [5.41, 5.74) is 1.80. The summed E-state index contributed by atoms with van der Waals surface area (Å²) in [7, 11) is -5.91. The van der Waals surface area contributed by atoms with Crippen LogP contribution in [0.3, 0.4) is 0 Å². The van der Waals surface area contributed by atoms with E-state index in [0.717, 1.165) is 42.8 Å². The summed E-state index contributed by atoms with van der Waals surface area (Å²) in [6.45, 7) is 15.1. The van der Waals surface area contributed by atoms with E-state index in [4.69, 9.17) is 20.8 Å². The van der Waals surface area contributed by atoms with Gasteiger partial charge in [0.1, 0.15) is 11.4 Å². The highest BCUT2D eigenvalue weighted by atomic mass is 35.5. The van der Waals surface area contributed by atoms with Crippen molar-refractivity contribution < 1.29 is 27.5 Å². The van der Waals surface area contributed by atoms with Crippen LogP contribution in [0.25, 0.3) is 0 Å². The standard InChI is InChI=1S/C42H55ClN2O6SSi/c1-39(2,3)53(5,6)51-22-8-7-20-42(47)21-10-12-32-25-40(32,4)52(48,49)44-38(46)30-14-18-37-36(24-30)45(26-31-13-16-35(31)42)27-41(28-50-37)19-9-11-29-23-33(43)15-17-34(29)41/h10,14-15,17-18,21,23-24,31-32,35,47H,8-9,11-13,16,19,22,25-28H2,1-6H3,(H,44,46)/b21-10+/t31-,32+,35+,40+,41-,42-/m0/s1. The number of aliphatic hydroxyl groups is 1. The molecule has 0 unspecified atom stereocenters. The van der Waals surface area contributed by atoms with Crippen molar-refractivity contribution in [2.24, 2.45) is 17.8 Å². The number of hydrogen-bond donors (Lipinski definition) is 2. The summed E-state index contributed by atoms with van der Waals surface area (Å²) < 4.78 is 41.6. The van der Waals surface area contributed by atoms with E-state index in [9.17, 15) is 18.3 Å². The zero-order valence-electron chi connectivity index (χ0n) is 32.1. The lowest BCUT2D eigenvalue weighted by Gasteiger charge is -2.47. The number of ether oxygens (including phenoxy) is 1. The second kappa shape index (κ2) is 13.7. The molecular formula is C42H55ClN2O6SSi. The molecule has 8 nitrogen and oxygen atoms in total. The summed E-state index contributed by atoms with van der Waals surface area (Å²) in [6.07, 6.45) is 9.78. The maximum absolute atomic E-state index is 13.6. The van der Waals surface area contributed by atoms with Gasteiger partial charge in [0.25, 0.3) is 5.91 Å². The Hall–Kier alpha value is -2.81. The third kappa shape index (κ3) is 7.22. The fourth-order valence-corrected chi connectivity index (χ4v) is 11.5. The van der Waals surface area contributed by atoms with Gasteiger partial charge in [0.15, 0.2) is 8.32 Å². The van der Waals surface area contributed by atoms with Gasteiger partial charge in [0.05, 0.1) is 17.0 Å². The second-order valence-electron chi connectivity index (χ2n) is 18.0. The van der Waals surface area contributed by atoms with Gasteiger partial charge in [0.2, 0.25) is 10.0 Å². The van der Waals surface area contributed by atoms with E-state index >= 15 is 0 Å². The topological polar surface area (TPSA) is 105 Å². The maximum atomic E-state index is 13.6. The molecule has 2 heterocycles. The number of nitrogens with zero attached hydrogens (tertiary/aromatic N) is 1. The van der Waals surface area contributed by atoms with Gasteiger partial charge in [-0.05, 0) is 129 Å². The highest BCUT2D eigenvalue weighted by molar-refractivity contribution is 7.91. The van der Waals surface area contributed by atoms with Crippen molar-refractivity contribution in [3.8, 4) is 17.6 Å². The van der Waals surface area contributed by atoms with E-state index in [1.54, 1.807) is 25.1 Å². The van der Waals surface area contributed by atoms with Gasteiger partial charge < -0.3 is 19.2 Å². The predicted molar refractivity (Wildman–Crippen MR) is 214 cm³/mol. The van der Waals surface area contributed by atoms with E-state index in [-0.39, 0.29) is 33.8 Å². The molecule has 53 heavy (non-hydrogen) atoms. The van der Waals surface area contributed by atoms with Crippen LogP contribution in [0, 0.1) is 29.6 Å². The Kier molecular flexibility index (Phi) is 9.97. The molecule has 6 atom stereocenters. The molecule has 2 aliphatic heterocycles. The van der Waals surface area contributed by atoms with Crippen molar-refractivity contribution in [1.82, 2.24) is 4.72 Å². The Morgan fingerprint density at radius 1 is 1.17 bits per heavy atom. The van der Waals surface area contributed by atoms with Crippen LogP contribution in [0.1, 0.15) is 94.1 Å². The Morgan fingerprint density at radius 2 is 1.96 bits per heavy atom.